The fourth-order valence-corrected chi connectivity index (χ4v) is 3.72. The second-order valence-corrected chi connectivity index (χ2v) is 7.46. The van der Waals surface area contributed by atoms with Gasteiger partial charge in [0.15, 0.2) is 11.5 Å². The molecule has 0 aliphatic rings. The van der Waals surface area contributed by atoms with E-state index in [0.29, 0.717) is 28.4 Å². The number of fused-ring (bicyclic) bond motifs is 1. The van der Waals surface area contributed by atoms with E-state index in [-0.39, 0.29) is 0 Å². The Morgan fingerprint density at radius 3 is 2.33 bits per heavy atom. The molecular weight excluding hydrogens is 402 g/mol. The molecule has 0 amide bonds. The van der Waals surface area contributed by atoms with Gasteiger partial charge < -0.3 is 14.4 Å². The summed E-state index contributed by atoms with van der Waals surface area (Å²) in [5.74, 6) is 2.30. The molecule has 0 spiro atoms. The predicted molar refractivity (Wildman–Crippen MR) is 117 cm³/mol. The lowest BCUT2D eigenvalue weighted by atomic mass is 10.0. The molecule has 4 aromatic rings. The van der Waals surface area contributed by atoms with Crippen LogP contribution in [0.25, 0.3) is 28.0 Å². The van der Waals surface area contributed by atoms with Crippen molar-refractivity contribution in [3.63, 3.8) is 0 Å². The van der Waals surface area contributed by atoms with Crippen molar-refractivity contribution in [2.75, 3.05) is 33.2 Å². The first kappa shape index (κ1) is 20.0. The third-order valence-corrected chi connectivity index (χ3v) is 5.24. The summed E-state index contributed by atoms with van der Waals surface area (Å²) >= 11 is 6.62. The van der Waals surface area contributed by atoms with E-state index in [0.717, 1.165) is 27.7 Å². The first-order valence-electron chi connectivity index (χ1n) is 9.36. The molecule has 0 radical (unpaired) electrons. The summed E-state index contributed by atoms with van der Waals surface area (Å²) in [7, 11) is 7.01. The van der Waals surface area contributed by atoms with E-state index in [1.54, 1.807) is 14.2 Å². The van der Waals surface area contributed by atoms with E-state index in [9.17, 15) is 0 Å². The van der Waals surface area contributed by atoms with Crippen LogP contribution in [-0.4, -0.2) is 38.5 Å². The number of benzene rings is 2. The maximum atomic E-state index is 6.62. The molecule has 2 aromatic heterocycles. The van der Waals surface area contributed by atoms with Crippen LogP contribution >= 0.6 is 11.6 Å². The minimum Gasteiger partial charge on any atom is -0.493 e. The zero-order chi connectivity index (χ0) is 21.4. The summed E-state index contributed by atoms with van der Waals surface area (Å²) < 4.78 is 13.0. The van der Waals surface area contributed by atoms with Crippen LogP contribution < -0.4 is 23.9 Å². The minimum atomic E-state index is 0.475. The summed E-state index contributed by atoms with van der Waals surface area (Å²) in [5.41, 5.74) is 2.65. The number of aromatic nitrogens is 4. The number of rotatable bonds is 5. The Hall–Kier alpha value is -3.32. The number of methoxy groups -OCH3 is 2. The van der Waals surface area contributed by atoms with Crippen molar-refractivity contribution in [3.8, 4) is 28.7 Å². The number of pyridine rings is 1. The zero-order valence-electron chi connectivity index (χ0n) is 17.5. The largest absolute Gasteiger partial charge is 0.493 e. The lowest BCUT2D eigenvalue weighted by Gasteiger charge is -2.20. The topological polar surface area (TPSA) is 65.5 Å². The molecule has 154 valence electrons. The summed E-state index contributed by atoms with van der Waals surface area (Å²) in [6, 6.07) is 13.7. The number of hydrogen-bond donors (Lipinski definition) is 0. The lowest BCUT2D eigenvalue weighted by molar-refractivity contribution is -0.597. The van der Waals surface area contributed by atoms with Crippen LogP contribution in [0.2, 0.25) is 5.02 Å². The molecule has 0 atom stereocenters. The van der Waals surface area contributed by atoms with E-state index >= 15 is 0 Å². The predicted octanol–water partition coefficient (Wildman–Crippen LogP) is 3.58. The van der Waals surface area contributed by atoms with Crippen molar-refractivity contribution in [1.29, 1.82) is 0 Å². The fraction of sp³-hybridized carbons (Fsp3) is 0.227. The second kappa shape index (κ2) is 7.84. The molecule has 30 heavy (non-hydrogen) atoms. The highest BCUT2D eigenvalue weighted by atomic mass is 35.5. The number of nitrogens with zero attached hydrogens (tertiary/aromatic N) is 5. The van der Waals surface area contributed by atoms with Gasteiger partial charge in [-0.15, -0.1) is 10.2 Å². The van der Waals surface area contributed by atoms with Crippen LogP contribution in [0.4, 0.5) is 5.95 Å². The summed E-state index contributed by atoms with van der Waals surface area (Å²) in [4.78, 5) is 6.42. The molecule has 0 N–H and O–H groups in total. The Morgan fingerprint density at radius 1 is 1.00 bits per heavy atom. The van der Waals surface area contributed by atoms with E-state index in [4.69, 9.17) is 21.1 Å². The van der Waals surface area contributed by atoms with Crippen molar-refractivity contribution in [3.05, 3.63) is 53.2 Å². The average Bonchev–Trinajstić information content (AvgIpc) is 3.22. The van der Waals surface area contributed by atoms with Gasteiger partial charge >= 0.3 is 0 Å². The van der Waals surface area contributed by atoms with Crippen molar-refractivity contribution in [2.24, 2.45) is 0 Å². The highest BCUT2D eigenvalue weighted by molar-refractivity contribution is 6.33. The van der Waals surface area contributed by atoms with Gasteiger partial charge in [-0.05, 0) is 36.6 Å². The first-order valence-corrected chi connectivity index (χ1v) is 9.73. The van der Waals surface area contributed by atoms with Gasteiger partial charge in [-0.2, -0.15) is 4.98 Å². The van der Waals surface area contributed by atoms with Crippen molar-refractivity contribution in [2.45, 2.75) is 6.92 Å². The molecule has 0 aliphatic heterocycles. The maximum Gasteiger partial charge on any atom is 0.257 e. The van der Waals surface area contributed by atoms with Gasteiger partial charge in [0, 0.05) is 35.8 Å². The number of halogens is 1. The van der Waals surface area contributed by atoms with Crippen LogP contribution in [0.15, 0.2) is 42.5 Å². The Bertz CT molecular complexity index is 1240. The van der Waals surface area contributed by atoms with E-state index in [1.807, 2.05) is 66.9 Å². The third kappa shape index (κ3) is 3.31. The molecular formula is C22H22ClN5O2. The molecule has 2 aromatic carbocycles. The van der Waals surface area contributed by atoms with Gasteiger partial charge in [-0.25, -0.2) is 0 Å². The monoisotopic (exact) mass is 423 g/mol. The Morgan fingerprint density at radius 2 is 1.70 bits per heavy atom. The Kier molecular flexibility index (Phi) is 5.22. The quantitative estimate of drug-likeness (QED) is 0.457. The molecule has 0 saturated heterocycles. The molecule has 0 aliphatic carbocycles. The van der Waals surface area contributed by atoms with Gasteiger partial charge in [-0.3, -0.25) is 4.57 Å². The average molecular weight is 424 g/mol. The third-order valence-electron chi connectivity index (χ3n) is 4.91. The number of aryl methyl sites for hydroxylation is 1. The molecule has 4 rings (SSSR count). The van der Waals surface area contributed by atoms with E-state index < -0.39 is 0 Å². The lowest BCUT2D eigenvalue weighted by Crippen LogP contribution is -2.39. The molecule has 2 heterocycles. The summed E-state index contributed by atoms with van der Waals surface area (Å²) in [6.45, 7) is 2.00. The summed E-state index contributed by atoms with van der Waals surface area (Å²) in [5, 5.41) is 11.1. The van der Waals surface area contributed by atoms with Gasteiger partial charge in [0.1, 0.15) is 0 Å². The molecule has 0 unspecified atom stereocenters. The van der Waals surface area contributed by atoms with Crippen molar-refractivity contribution >= 4 is 28.3 Å². The first-order chi connectivity index (χ1) is 14.4. The Balaban J connectivity index is 2.13. The smallest absolute Gasteiger partial charge is 0.257 e. The highest BCUT2D eigenvalue weighted by Crippen LogP contribution is 2.38. The van der Waals surface area contributed by atoms with Crippen LogP contribution in [-0.2, 0) is 0 Å². The molecule has 7 nitrogen and oxygen atoms in total. The Labute approximate surface area is 179 Å². The van der Waals surface area contributed by atoms with Crippen molar-refractivity contribution in [1.82, 2.24) is 15.2 Å². The van der Waals surface area contributed by atoms with Gasteiger partial charge in [0.2, 0.25) is 5.95 Å². The number of hydrogen-bond acceptors (Lipinski definition) is 5. The highest BCUT2D eigenvalue weighted by Gasteiger charge is 2.20. The van der Waals surface area contributed by atoms with Gasteiger partial charge in [0.25, 0.3) is 5.95 Å². The van der Waals surface area contributed by atoms with E-state index in [2.05, 4.69) is 21.2 Å². The number of ether oxygens (including phenoxy) is 2. The standard InChI is InChI=1S/C22H22ClN5O2/c1-13-10-14-11-18(29-4)19(30-5)12-16(14)20(15-8-6-7-9-17(15)23)28(13)22-24-21(25-26-22)27(2)3/h6-12H,1-5H3. The van der Waals surface area contributed by atoms with Gasteiger partial charge in [-0.1, -0.05) is 29.8 Å². The normalized spacial score (nSPS) is 11.0. The zero-order valence-corrected chi connectivity index (χ0v) is 18.2. The second-order valence-electron chi connectivity index (χ2n) is 7.05. The van der Waals surface area contributed by atoms with Crippen LogP contribution in [0, 0.1) is 6.92 Å². The van der Waals surface area contributed by atoms with Crippen LogP contribution in [0.3, 0.4) is 0 Å². The van der Waals surface area contributed by atoms with Crippen LogP contribution in [0.5, 0.6) is 11.5 Å². The maximum absolute atomic E-state index is 6.62. The van der Waals surface area contributed by atoms with Gasteiger partial charge in [0.05, 0.1) is 19.9 Å². The SMILES string of the molecule is COc1cc2cc(C)[n+](-c3nnc(N(C)C)[n-]3)c(-c3ccccc3Cl)c2cc1OC. The molecule has 0 saturated carbocycles. The summed E-state index contributed by atoms with van der Waals surface area (Å²) in [6.07, 6.45) is 0. The van der Waals surface area contributed by atoms with E-state index in [1.165, 1.54) is 0 Å². The molecule has 0 fully saturated rings. The molecule has 8 heteroatoms. The minimum absolute atomic E-state index is 0.475. The fourth-order valence-electron chi connectivity index (χ4n) is 3.49. The van der Waals surface area contributed by atoms with Crippen molar-refractivity contribution < 1.29 is 14.0 Å². The molecule has 0 bridgehead atoms. The van der Waals surface area contributed by atoms with Crippen LogP contribution in [0.1, 0.15) is 5.69 Å². The number of anilines is 1.